The van der Waals surface area contributed by atoms with Gasteiger partial charge in [-0.3, -0.25) is 0 Å². The Bertz CT molecular complexity index is 312. The van der Waals surface area contributed by atoms with Gasteiger partial charge in [0.1, 0.15) is 5.15 Å². The minimum absolute atomic E-state index is 0.0499. The van der Waals surface area contributed by atoms with Crippen LogP contribution in [0.4, 0.5) is 0 Å². The lowest BCUT2D eigenvalue weighted by atomic mass is 10.2. The van der Waals surface area contributed by atoms with E-state index in [0.717, 1.165) is 12.1 Å². The summed E-state index contributed by atoms with van der Waals surface area (Å²) in [5.74, 6) is -1.05. The highest BCUT2D eigenvalue weighted by atomic mass is 35.5. The van der Waals surface area contributed by atoms with E-state index in [9.17, 15) is 4.79 Å². The lowest BCUT2D eigenvalue weighted by molar-refractivity contribution is 0.0696. The number of aryl methyl sites for hydroxylation is 1. The zero-order valence-electron chi connectivity index (χ0n) is 6.54. The number of rotatable bonds is 2. The third kappa shape index (κ3) is 1.74. The molecule has 0 aliphatic rings. The second-order valence-electron chi connectivity index (χ2n) is 2.30. The molecule has 0 unspecified atom stereocenters. The Balaban J connectivity index is 3.12. The molecule has 1 rings (SSSR count). The number of carbonyl (C=O) groups is 1. The minimum Gasteiger partial charge on any atom is -0.478 e. The lowest BCUT2D eigenvalue weighted by Crippen LogP contribution is -2.00. The molecule has 0 aliphatic heterocycles. The molecule has 0 atom stereocenters. The molecule has 1 aromatic rings. The van der Waals surface area contributed by atoms with E-state index in [1.807, 2.05) is 6.92 Å². The number of hydrogen-bond acceptors (Lipinski definition) is 2. The van der Waals surface area contributed by atoms with Crippen molar-refractivity contribution in [3.8, 4) is 0 Å². The fraction of sp³-hybridized carbons (Fsp3) is 0.250. The second-order valence-corrected chi connectivity index (χ2v) is 2.66. The molecule has 0 saturated carbocycles. The first kappa shape index (κ1) is 9.00. The molecule has 0 fully saturated rings. The summed E-state index contributed by atoms with van der Waals surface area (Å²) in [6.45, 7) is 1.93. The van der Waals surface area contributed by atoms with Crippen molar-refractivity contribution in [1.29, 1.82) is 0 Å². The smallest absolute Gasteiger partial charge is 0.338 e. The van der Waals surface area contributed by atoms with Crippen LogP contribution in [0.5, 0.6) is 0 Å². The van der Waals surface area contributed by atoms with Crippen LogP contribution in [0.2, 0.25) is 5.15 Å². The van der Waals surface area contributed by atoms with Crippen molar-refractivity contribution in [2.24, 2.45) is 0 Å². The summed E-state index contributed by atoms with van der Waals surface area (Å²) < 4.78 is 0. The van der Waals surface area contributed by atoms with Gasteiger partial charge in [-0.25, -0.2) is 9.78 Å². The molecule has 64 valence electrons. The maximum Gasteiger partial charge on any atom is 0.338 e. The molecule has 0 amide bonds. The van der Waals surface area contributed by atoms with Gasteiger partial charge in [0.2, 0.25) is 0 Å². The fourth-order valence-electron chi connectivity index (χ4n) is 0.828. The largest absolute Gasteiger partial charge is 0.478 e. The van der Waals surface area contributed by atoms with Crippen LogP contribution in [0, 0.1) is 0 Å². The molecule has 0 bridgehead atoms. The monoisotopic (exact) mass is 185 g/mol. The van der Waals surface area contributed by atoms with Crippen molar-refractivity contribution in [2.75, 3.05) is 0 Å². The van der Waals surface area contributed by atoms with Gasteiger partial charge in [-0.2, -0.15) is 0 Å². The third-order valence-corrected chi connectivity index (χ3v) is 1.79. The summed E-state index contributed by atoms with van der Waals surface area (Å²) in [4.78, 5) is 14.4. The summed E-state index contributed by atoms with van der Waals surface area (Å²) in [5, 5.41) is 8.66. The summed E-state index contributed by atoms with van der Waals surface area (Å²) in [6.07, 6.45) is 0.750. The third-order valence-electron chi connectivity index (χ3n) is 1.50. The van der Waals surface area contributed by atoms with Crippen LogP contribution in [0.25, 0.3) is 0 Å². The highest BCUT2D eigenvalue weighted by molar-refractivity contribution is 6.32. The van der Waals surface area contributed by atoms with E-state index >= 15 is 0 Å². The number of carboxylic acid groups (broad SMARTS) is 1. The molecule has 1 N–H and O–H groups in total. The lowest BCUT2D eigenvalue weighted by Gasteiger charge is -1.99. The summed E-state index contributed by atoms with van der Waals surface area (Å²) in [6, 6.07) is 3.13. The number of pyridine rings is 1. The number of nitrogens with zero attached hydrogens (tertiary/aromatic N) is 1. The van der Waals surface area contributed by atoms with Crippen molar-refractivity contribution in [3.63, 3.8) is 0 Å². The Kier molecular flexibility index (Phi) is 2.65. The molecule has 0 aromatic carbocycles. The highest BCUT2D eigenvalue weighted by Crippen LogP contribution is 2.13. The van der Waals surface area contributed by atoms with E-state index in [1.165, 1.54) is 6.07 Å². The van der Waals surface area contributed by atoms with Crippen molar-refractivity contribution in [1.82, 2.24) is 4.98 Å². The first-order valence-electron chi connectivity index (χ1n) is 3.54. The highest BCUT2D eigenvalue weighted by Gasteiger charge is 2.09. The number of hydrogen-bond donors (Lipinski definition) is 1. The summed E-state index contributed by atoms with van der Waals surface area (Å²) in [5.41, 5.74) is 0.846. The molecule has 12 heavy (non-hydrogen) atoms. The van der Waals surface area contributed by atoms with E-state index in [4.69, 9.17) is 16.7 Å². The Labute approximate surface area is 75.0 Å². The molecule has 3 nitrogen and oxygen atoms in total. The standard InChI is InChI=1S/C8H8ClNO2/c1-2-5-3-4-6(8(11)12)7(9)10-5/h3-4H,2H2,1H3,(H,11,12). The van der Waals surface area contributed by atoms with Gasteiger partial charge in [0.05, 0.1) is 5.56 Å². The first-order valence-corrected chi connectivity index (χ1v) is 3.91. The van der Waals surface area contributed by atoms with Gasteiger partial charge in [-0.1, -0.05) is 18.5 Å². The molecule has 0 spiro atoms. The number of aromatic carboxylic acids is 1. The average molecular weight is 186 g/mol. The predicted molar refractivity (Wildman–Crippen MR) is 45.6 cm³/mol. The molecule has 0 radical (unpaired) electrons. The first-order chi connectivity index (χ1) is 5.65. The summed E-state index contributed by atoms with van der Waals surface area (Å²) in [7, 11) is 0. The minimum atomic E-state index is -1.05. The van der Waals surface area contributed by atoms with Crippen molar-refractivity contribution < 1.29 is 9.90 Å². The Hall–Kier alpha value is -1.09. The number of carboxylic acids is 1. The second kappa shape index (κ2) is 3.54. The normalized spacial score (nSPS) is 9.83. The number of halogens is 1. The molecular formula is C8H8ClNO2. The van der Waals surface area contributed by atoms with E-state index in [0.29, 0.717) is 0 Å². The molecule has 1 aromatic heterocycles. The van der Waals surface area contributed by atoms with Gasteiger partial charge < -0.3 is 5.11 Å². The van der Waals surface area contributed by atoms with Gasteiger partial charge >= 0.3 is 5.97 Å². The van der Waals surface area contributed by atoms with Crippen LogP contribution < -0.4 is 0 Å². The zero-order chi connectivity index (χ0) is 9.14. The number of aromatic nitrogens is 1. The molecular weight excluding hydrogens is 178 g/mol. The van der Waals surface area contributed by atoms with Crippen LogP contribution in [0.3, 0.4) is 0 Å². The van der Waals surface area contributed by atoms with Gasteiger partial charge in [-0.15, -0.1) is 0 Å². The van der Waals surface area contributed by atoms with Gasteiger partial charge in [0.25, 0.3) is 0 Å². The fourth-order valence-corrected chi connectivity index (χ4v) is 1.08. The average Bonchev–Trinajstić information content (AvgIpc) is 2.03. The quantitative estimate of drug-likeness (QED) is 0.717. The van der Waals surface area contributed by atoms with Crippen LogP contribution in [-0.2, 0) is 6.42 Å². The van der Waals surface area contributed by atoms with Crippen molar-refractivity contribution >= 4 is 17.6 Å². The van der Waals surface area contributed by atoms with Gasteiger partial charge in [-0.05, 0) is 18.6 Å². The van der Waals surface area contributed by atoms with Crippen LogP contribution in [0.1, 0.15) is 23.0 Å². The maximum absolute atomic E-state index is 10.5. The van der Waals surface area contributed by atoms with Gasteiger partial charge in [0.15, 0.2) is 0 Å². The molecule has 0 aliphatic carbocycles. The van der Waals surface area contributed by atoms with E-state index in [1.54, 1.807) is 6.07 Å². The topological polar surface area (TPSA) is 50.2 Å². The Morgan fingerprint density at radius 3 is 2.75 bits per heavy atom. The van der Waals surface area contributed by atoms with Crippen molar-refractivity contribution in [3.05, 3.63) is 28.5 Å². The zero-order valence-corrected chi connectivity index (χ0v) is 7.30. The molecule has 1 heterocycles. The predicted octanol–water partition coefficient (Wildman–Crippen LogP) is 2.00. The van der Waals surface area contributed by atoms with Crippen LogP contribution >= 0.6 is 11.6 Å². The maximum atomic E-state index is 10.5. The Morgan fingerprint density at radius 2 is 2.33 bits per heavy atom. The van der Waals surface area contributed by atoms with E-state index < -0.39 is 5.97 Å². The molecule has 4 heteroatoms. The van der Waals surface area contributed by atoms with Crippen LogP contribution in [0.15, 0.2) is 12.1 Å². The van der Waals surface area contributed by atoms with E-state index in [2.05, 4.69) is 4.98 Å². The van der Waals surface area contributed by atoms with Crippen LogP contribution in [-0.4, -0.2) is 16.1 Å². The van der Waals surface area contributed by atoms with E-state index in [-0.39, 0.29) is 10.7 Å². The summed E-state index contributed by atoms with van der Waals surface area (Å²) >= 11 is 5.61. The SMILES string of the molecule is CCc1ccc(C(=O)O)c(Cl)n1. The van der Waals surface area contributed by atoms with Crippen molar-refractivity contribution in [2.45, 2.75) is 13.3 Å². The molecule has 0 saturated heterocycles. The van der Waals surface area contributed by atoms with Gasteiger partial charge in [0, 0.05) is 5.69 Å². The Morgan fingerprint density at radius 1 is 1.67 bits per heavy atom.